The average molecular weight is 334 g/mol. The first-order chi connectivity index (χ1) is 9.87. The highest BCUT2D eigenvalue weighted by atomic mass is 19.3. The number of allylic oxidation sites excluding steroid dienone is 1. The van der Waals surface area contributed by atoms with E-state index in [1.54, 1.807) is 6.92 Å². The quantitative estimate of drug-likeness (QED) is 0.514. The molecule has 0 radical (unpaired) electrons. The van der Waals surface area contributed by atoms with E-state index in [9.17, 15) is 26.3 Å². The third kappa shape index (κ3) is 2.87. The Morgan fingerprint density at radius 2 is 1.27 bits per heavy atom. The van der Waals surface area contributed by atoms with Crippen LogP contribution in [0.5, 0.6) is 0 Å². The first-order valence-electron chi connectivity index (χ1n) is 7.06. The molecule has 0 heterocycles. The van der Waals surface area contributed by atoms with Crippen LogP contribution in [-0.4, -0.2) is 35.8 Å². The second kappa shape index (κ2) is 6.03. The Kier molecular flexibility index (Phi) is 5.29. The second-order valence-corrected chi connectivity index (χ2v) is 5.44. The van der Waals surface area contributed by atoms with Gasteiger partial charge in [0.2, 0.25) is 0 Å². The van der Waals surface area contributed by atoms with Gasteiger partial charge in [0.15, 0.2) is 0 Å². The molecule has 0 amide bonds. The van der Waals surface area contributed by atoms with E-state index in [1.807, 2.05) is 0 Å². The molecule has 0 aromatic rings. The Morgan fingerprint density at radius 3 is 1.73 bits per heavy atom. The van der Waals surface area contributed by atoms with Gasteiger partial charge in [-0.2, -0.15) is 22.0 Å². The Hall–Kier alpha value is -0.760. The molecule has 22 heavy (non-hydrogen) atoms. The van der Waals surface area contributed by atoms with Crippen molar-refractivity contribution in [3.05, 3.63) is 12.2 Å². The summed E-state index contributed by atoms with van der Waals surface area (Å²) in [7, 11) is 0. The van der Waals surface area contributed by atoms with E-state index in [-0.39, 0.29) is 25.0 Å². The van der Waals surface area contributed by atoms with Crippen LogP contribution in [0.1, 0.15) is 40.5 Å². The number of halogens is 6. The first-order valence-corrected chi connectivity index (χ1v) is 7.06. The number of hydrogen-bond acceptors (Lipinski definition) is 2. The molecule has 4 atom stereocenters. The van der Waals surface area contributed by atoms with Crippen molar-refractivity contribution in [3.8, 4) is 0 Å². The number of ether oxygens (including phenoxy) is 2. The van der Waals surface area contributed by atoms with Gasteiger partial charge in [0.25, 0.3) is 5.85 Å². The fourth-order valence-corrected chi connectivity index (χ4v) is 1.86. The van der Waals surface area contributed by atoms with E-state index < -0.39 is 35.8 Å². The van der Waals surface area contributed by atoms with Crippen molar-refractivity contribution in [2.75, 3.05) is 0 Å². The minimum absolute atomic E-state index is 0.0243. The van der Waals surface area contributed by atoms with Gasteiger partial charge in [0.1, 0.15) is 0 Å². The number of hydrogen-bond donors (Lipinski definition) is 0. The molecule has 0 aromatic carbocycles. The fraction of sp³-hybridized carbons (Fsp3) is 0.857. The maximum Gasteiger partial charge on any atom is 0.377 e. The molecule has 130 valence electrons. The predicted octanol–water partition coefficient (Wildman–Crippen LogP) is 4.79. The summed E-state index contributed by atoms with van der Waals surface area (Å²) >= 11 is 0. The molecular formula is C14H20F6O2. The molecule has 0 spiro atoms. The maximum atomic E-state index is 14.8. The van der Waals surface area contributed by atoms with Crippen molar-refractivity contribution < 1.29 is 35.8 Å². The summed E-state index contributed by atoms with van der Waals surface area (Å²) in [5.74, 6) is -18.8. The first kappa shape index (κ1) is 19.3. The van der Waals surface area contributed by atoms with Crippen LogP contribution in [0.15, 0.2) is 12.2 Å². The van der Waals surface area contributed by atoms with E-state index >= 15 is 0 Å². The monoisotopic (exact) mass is 334 g/mol. The Balaban J connectivity index is 3.40. The maximum absolute atomic E-state index is 14.8. The average Bonchev–Trinajstić information content (AvgIpc) is 2.43. The van der Waals surface area contributed by atoms with Gasteiger partial charge in [0.05, 0.1) is 12.2 Å². The minimum atomic E-state index is -5.43. The molecule has 0 bridgehead atoms. The normalized spacial score (nSPS) is 36.1. The van der Waals surface area contributed by atoms with Crippen LogP contribution in [-0.2, 0) is 9.47 Å². The molecule has 8 heteroatoms. The zero-order chi connectivity index (χ0) is 17.4. The molecular weight excluding hydrogens is 314 g/mol. The van der Waals surface area contributed by atoms with Gasteiger partial charge in [-0.3, -0.25) is 0 Å². The van der Waals surface area contributed by atoms with Crippen LogP contribution in [0, 0.1) is 0 Å². The summed E-state index contributed by atoms with van der Waals surface area (Å²) in [6, 6.07) is 0. The summed E-state index contributed by atoms with van der Waals surface area (Å²) < 4.78 is 93.4. The van der Waals surface area contributed by atoms with Crippen molar-refractivity contribution >= 4 is 0 Å². The third-order valence-corrected chi connectivity index (χ3v) is 3.65. The van der Waals surface area contributed by atoms with Crippen LogP contribution in [0.2, 0.25) is 0 Å². The Bertz CT molecular complexity index is 428. The lowest BCUT2D eigenvalue weighted by molar-refractivity contribution is -0.426. The smallest absolute Gasteiger partial charge is 0.335 e. The summed E-state index contributed by atoms with van der Waals surface area (Å²) in [4.78, 5) is 0. The minimum Gasteiger partial charge on any atom is -0.335 e. The van der Waals surface area contributed by atoms with E-state index in [0.29, 0.717) is 0 Å². The van der Waals surface area contributed by atoms with E-state index in [4.69, 9.17) is 0 Å². The van der Waals surface area contributed by atoms with Crippen molar-refractivity contribution in [1.29, 1.82) is 0 Å². The molecule has 1 aliphatic carbocycles. The summed E-state index contributed by atoms with van der Waals surface area (Å²) in [6.45, 7) is 5.49. The number of rotatable bonds is 6. The summed E-state index contributed by atoms with van der Waals surface area (Å²) in [5.41, 5.74) is 0. The summed E-state index contributed by atoms with van der Waals surface area (Å²) in [6.07, 6.45) is -2.41. The predicted molar refractivity (Wildman–Crippen MR) is 68.4 cm³/mol. The van der Waals surface area contributed by atoms with Gasteiger partial charge in [-0.25, -0.2) is 4.39 Å². The fourth-order valence-electron chi connectivity index (χ4n) is 1.86. The highest BCUT2D eigenvalue weighted by Gasteiger charge is 2.81. The van der Waals surface area contributed by atoms with Crippen molar-refractivity contribution in [2.24, 2.45) is 0 Å². The van der Waals surface area contributed by atoms with E-state index in [2.05, 4.69) is 9.47 Å². The van der Waals surface area contributed by atoms with Crippen LogP contribution >= 0.6 is 0 Å². The number of alkyl halides is 6. The molecule has 0 N–H and O–H groups in total. The molecule has 2 nitrogen and oxygen atoms in total. The SMILES string of the molecule is CCC(C)OC1(F)C=CC(F)(F)C(F)(F)C1(F)OC(C)CC. The van der Waals surface area contributed by atoms with Gasteiger partial charge in [0, 0.05) is 0 Å². The highest BCUT2D eigenvalue weighted by molar-refractivity contribution is 5.24. The van der Waals surface area contributed by atoms with Crippen LogP contribution in [0.3, 0.4) is 0 Å². The molecule has 0 aromatic heterocycles. The molecule has 0 saturated carbocycles. The molecule has 0 aliphatic heterocycles. The molecule has 1 aliphatic rings. The van der Waals surface area contributed by atoms with E-state index in [0.717, 1.165) is 0 Å². The van der Waals surface area contributed by atoms with Gasteiger partial charge in [-0.1, -0.05) is 13.8 Å². The molecule has 4 unspecified atom stereocenters. The lowest BCUT2D eigenvalue weighted by atomic mass is 9.89. The van der Waals surface area contributed by atoms with Gasteiger partial charge in [-0.15, -0.1) is 0 Å². The van der Waals surface area contributed by atoms with Crippen molar-refractivity contribution in [3.63, 3.8) is 0 Å². The summed E-state index contributed by atoms with van der Waals surface area (Å²) in [5, 5.41) is 0. The Labute approximate surface area is 125 Å². The Morgan fingerprint density at radius 1 is 0.818 bits per heavy atom. The van der Waals surface area contributed by atoms with Crippen molar-refractivity contribution in [1.82, 2.24) is 0 Å². The van der Waals surface area contributed by atoms with Crippen LogP contribution in [0.4, 0.5) is 26.3 Å². The molecule has 0 saturated heterocycles. The highest BCUT2D eigenvalue weighted by Crippen LogP contribution is 2.57. The topological polar surface area (TPSA) is 18.5 Å². The zero-order valence-corrected chi connectivity index (χ0v) is 12.8. The standard InChI is InChI=1S/C14H20F6O2/c1-5-9(3)21-12(17)8-7-11(15,16)13(18,19)14(12,20)22-10(4)6-2/h7-10H,5-6H2,1-4H3. The lowest BCUT2D eigenvalue weighted by Gasteiger charge is -2.47. The van der Waals surface area contributed by atoms with Crippen molar-refractivity contribution in [2.45, 2.75) is 76.3 Å². The molecule has 1 rings (SSSR count). The van der Waals surface area contributed by atoms with Gasteiger partial charge < -0.3 is 9.47 Å². The van der Waals surface area contributed by atoms with Crippen LogP contribution in [0.25, 0.3) is 0 Å². The lowest BCUT2D eigenvalue weighted by Crippen LogP contribution is -2.70. The largest absolute Gasteiger partial charge is 0.377 e. The zero-order valence-electron chi connectivity index (χ0n) is 12.8. The van der Waals surface area contributed by atoms with Gasteiger partial charge in [-0.05, 0) is 38.8 Å². The second-order valence-electron chi connectivity index (χ2n) is 5.44. The molecule has 0 fully saturated rings. The third-order valence-electron chi connectivity index (χ3n) is 3.65. The van der Waals surface area contributed by atoms with Gasteiger partial charge >= 0.3 is 17.7 Å². The van der Waals surface area contributed by atoms with Crippen LogP contribution < -0.4 is 0 Å². The van der Waals surface area contributed by atoms with E-state index in [1.165, 1.54) is 20.8 Å².